The van der Waals surface area contributed by atoms with Gasteiger partial charge in [0.2, 0.25) is 11.8 Å². The third-order valence-electron chi connectivity index (χ3n) is 6.67. The van der Waals surface area contributed by atoms with Gasteiger partial charge in [-0.15, -0.1) is 11.8 Å². The molecule has 1 atom stereocenters. The topological polar surface area (TPSA) is 85.7 Å². The van der Waals surface area contributed by atoms with E-state index in [1.807, 2.05) is 61.0 Å². The van der Waals surface area contributed by atoms with Crippen molar-refractivity contribution in [3.8, 4) is 17.2 Å². The van der Waals surface area contributed by atoms with Crippen molar-refractivity contribution >= 4 is 29.4 Å². The van der Waals surface area contributed by atoms with Crippen molar-refractivity contribution in [2.24, 2.45) is 0 Å². The van der Waals surface area contributed by atoms with Crippen LogP contribution in [-0.4, -0.2) is 54.7 Å². The Morgan fingerprint density at radius 1 is 1.13 bits per heavy atom. The molecule has 2 aromatic carbocycles. The number of fused-ring (bicyclic) bond motifs is 1. The predicted molar refractivity (Wildman–Crippen MR) is 157 cm³/mol. The van der Waals surface area contributed by atoms with Crippen LogP contribution in [0.25, 0.3) is 5.69 Å². The van der Waals surface area contributed by atoms with Crippen molar-refractivity contribution in [2.75, 3.05) is 38.0 Å². The van der Waals surface area contributed by atoms with Crippen LogP contribution in [0, 0.1) is 6.92 Å². The van der Waals surface area contributed by atoms with Gasteiger partial charge in [-0.3, -0.25) is 14.5 Å². The van der Waals surface area contributed by atoms with Gasteiger partial charge in [-0.2, -0.15) is 5.10 Å². The molecule has 0 bridgehead atoms. The average molecular weight is 551 g/mol. The van der Waals surface area contributed by atoms with E-state index >= 15 is 0 Å². The Morgan fingerprint density at radius 2 is 1.85 bits per heavy atom. The highest BCUT2D eigenvalue weighted by atomic mass is 32.2. The van der Waals surface area contributed by atoms with E-state index in [0.29, 0.717) is 23.9 Å². The lowest BCUT2D eigenvalue weighted by molar-refractivity contribution is -0.122. The SMILES string of the molecule is CCCNC(=O)CN1C(=O)CS[C@H](c2cc(OC)ccc2OC)c2c(C(C)(C)C)nn(-c3ccc(C)cc3)c21. The van der Waals surface area contributed by atoms with E-state index in [1.165, 1.54) is 11.8 Å². The van der Waals surface area contributed by atoms with E-state index in [4.69, 9.17) is 14.6 Å². The molecule has 1 aromatic heterocycles. The zero-order valence-electron chi connectivity index (χ0n) is 23.8. The second-order valence-electron chi connectivity index (χ2n) is 10.7. The number of rotatable bonds is 8. The largest absolute Gasteiger partial charge is 0.497 e. The quantitative estimate of drug-likeness (QED) is 0.416. The summed E-state index contributed by atoms with van der Waals surface area (Å²) in [5.74, 6) is 1.85. The Morgan fingerprint density at radius 3 is 2.46 bits per heavy atom. The second kappa shape index (κ2) is 11.7. The molecule has 0 radical (unpaired) electrons. The minimum Gasteiger partial charge on any atom is -0.497 e. The average Bonchev–Trinajstić information content (AvgIpc) is 3.25. The zero-order valence-corrected chi connectivity index (χ0v) is 24.6. The van der Waals surface area contributed by atoms with Gasteiger partial charge in [0.05, 0.1) is 36.6 Å². The monoisotopic (exact) mass is 550 g/mol. The van der Waals surface area contributed by atoms with E-state index in [-0.39, 0.29) is 34.8 Å². The fraction of sp³-hybridized carbons (Fsp3) is 0.433. The lowest BCUT2D eigenvalue weighted by atomic mass is 9.87. The Balaban J connectivity index is 2.03. The van der Waals surface area contributed by atoms with Crippen LogP contribution >= 0.6 is 11.8 Å². The van der Waals surface area contributed by atoms with Crippen molar-refractivity contribution in [2.45, 2.75) is 51.7 Å². The molecule has 39 heavy (non-hydrogen) atoms. The minimum atomic E-state index is -0.353. The van der Waals surface area contributed by atoms with E-state index in [1.54, 1.807) is 19.1 Å². The number of aryl methyl sites for hydroxylation is 1. The van der Waals surface area contributed by atoms with Gasteiger partial charge in [-0.05, 0) is 43.7 Å². The van der Waals surface area contributed by atoms with Gasteiger partial charge in [-0.25, -0.2) is 4.68 Å². The van der Waals surface area contributed by atoms with Crippen LogP contribution in [0.1, 0.15) is 61.7 Å². The first-order valence-electron chi connectivity index (χ1n) is 13.2. The van der Waals surface area contributed by atoms with Gasteiger partial charge in [0.25, 0.3) is 0 Å². The third-order valence-corrected chi connectivity index (χ3v) is 7.91. The summed E-state index contributed by atoms with van der Waals surface area (Å²) < 4.78 is 13.2. The van der Waals surface area contributed by atoms with Gasteiger partial charge in [0.15, 0.2) is 0 Å². The molecule has 2 amide bonds. The number of nitrogens with one attached hydrogen (secondary N) is 1. The maximum atomic E-state index is 13.8. The van der Waals surface area contributed by atoms with Crippen LogP contribution in [0.5, 0.6) is 11.5 Å². The maximum absolute atomic E-state index is 13.8. The van der Waals surface area contributed by atoms with E-state index in [0.717, 1.165) is 34.5 Å². The highest BCUT2D eigenvalue weighted by Crippen LogP contribution is 2.50. The number of nitrogens with zero attached hydrogens (tertiary/aromatic N) is 3. The number of anilines is 1. The number of benzene rings is 2. The van der Waals surface area contributed by atoms with Crippen LogP contribution in [0.15, 0.2) is 42.5 Å². The zero-order chi connectivity index (χ0) is 28.3. The van der Waals surface area contributed by atoms with Gasteiger partial charge in [-0.1, -0.05) is 45.4 Å². The first-order valence-corrected chi connectivity index (χ1v) is 14.2. The lowest BCUT2D eigenvalue weighted by Crippen LogP contribution is -2.42. The first kappa shape index (κ1) is 28.5. The number of thioether (sulfide) groups is 1. The van der Waals surface area contributed by atoms with Crippen molar-refractivity contribution in [1.29, 1.82) is 0 Å². The number of methoxy groups -OCH3 is 2. The molecule has 2 heterocycles. The molecule has 9 heteroatoms. The molecule has 1 aliphatic heterocycles. The fourth-order valence-corrected chi connectivity index (χ4v) is 5.91. The summed E-state index contributed by atoms with van der Waals surface area (Å²) in [6.45, 7) is 10.8. The Labute approximate surface area is 235 Å². The molecule has 0 saturated carbocycles. The number of aromatic nitrogens is 2. The first-order chi connectivity index (χ1) is 18.6. The highest BCUT2D eigenvalue weighted by molar-refractivity contribution is 8.00. The van der Waals surface area contributed by atoms with E-state index in [9.17, 15) is 9.59 Å². The highest BCUT2D eigenvalue weighted by Gasteiger charge is 2.40. The molecule has 1 aliphatic rings. The summed E-state index contributed by atoms with van der Waals surface area (Å²) in [5, 5.41) is 7.78. The molecule has 0 unspecified atom stereocenters. The number of carbonyl (C=O) groups is 2. The Hall–Kier alpha value is -3.46. The summed E-state index contributed by atoms with van der Waals surface area (Å²) in [6.07, 6.45) is 0.813. The molecule has 208 valence electrons. The summed E-state index contributed by atoms with van der Waals surface area (Å²) >= 11 is 1.51. The molecule has 0 fully saturated rings. The normalized spacial score (nSPS) is 15.5. The number of carbonyl (C=O) groups excluding carboxylic acids is 2. The van der Waals surface area contributed by atoms with Crippen molar-refractivity contribution in [1.82, 2.24) is 15.1 Å². The van der Waals surface area contributed by atoms with Crippen molar-refractivity contribution in [3.05, 3.63) is 64.8 Å². The van der Waals surface area contributed by atoms with Crippen LogP contribution in [0.2, 0.25) is 0 Å². The molecule has 8 nitrogen and oxygen atoms in total. The van der Waals surface area contributed by atoms with Crippen LogP contribution < -0.4 is 19.7 Å². The summed E-state index contributed by atoms with van der Waals surface area (Å²) in [7, 11) is 3.27. The van der Waals surface area contributed by atoms with Gasteiger partial charge < -0.3 is 14.8 Å². The van der Waals surface area contributed by atoms with Crippen LogP contribution in [0.4, 0.5) is 5.82 Å². The Bertz CT molecular complexity index is 1340. The lowest BCUT2D eigenvalue weighted by Gasteiger charge is -2.25. The summed E-state index contributed by atoms with van der Waals surface area (Å²) in [5.41, 5.74) is 4.23. The van der Waals surface area contributed by atoms with Gasteiger partial charge in [0.1, 0.15) is 23.9 Å². The molecular weight excluding hydrogens is 512 g/mol. The molecule has 0 saturated heterocycles. The molecule has 1 N–H and O–H groups in total. The number of amides is 2. The summed E-state index contributed by atoms with van der Waals surface area (Å²) in [6, 6.07) is 13.7. The summed E-state index contributed by atoms with van der Waals surface area (Å²) in [4.78, 5) is 28.4. The van der Waals surface area contributed by atoms with Gasteiger partial charge in [0, 0.05) is 23.1 Å². The van der Waals surface area contributed by atoms with Crippen molar-refractivity contribution in [3.63, 3.8) is 0 Å². The van der Waals surface area contributed by atoms with Crippen LogP contribution in [-0.2, 0) is 15.0 Å². The molecular formula is C30H38N4O4S. The van der Waals surface area contributed by atoms with Crippen LogP contribution in [0.3, 0.4) is 0 Å². The maximum Gasteiger partial charge on any atom is 0.240 e. The fourth-order valence-electron chi connectivity index (χ4n) is 4.69. The minimum absolute atomic E-state index is 0.0878. The second-order valence-corrected chi connectivity index (χ2v) is 11.8. The number of hydrogen-bond donors (Lipinski definition) is 1. The molecule has 0 spiro atoms. The van der Waals surface area contributed by atoms with Gasteiger partial charge >= 0.3 is 0 Å². The molecule has 3 aromatic rings. The standard InChI is InChI=1S/C30H38N4O4S/c1-8-15-31-24(35)17-33-25(36)18-39-27(22-16-21(37-6)13-14-23(22)38-7)26-28(30(3,4)5)32-34(29(26)33)20-11-9-19(2)10-12-20/h9-14,16,27H,8,15,17-18H2,1-7H3,(H,31,35)/t27-/m1/s1. The molecule has 4 rings (SSSR count). The number of hydrogen-bond acceptors (Lipinski definition) is 6. The number of ether oxygens (including phenoxy) is 2. The smallest absolute Gasteiger partial charge is 0.240 e. The third kappa shape index (κ3) is 5.93. The Kier molecular flexibility index (Phi) is 8.59. The predicted octanol–water partition coefficient (Wildman–Crippen LogP) is 5.19. The van der Waals surface area contributed by atoms with E-state index in [2.05, 4.69) is 26.1 Å². The van der Waals surface area contributed by atoms with E-state index < -0.39 is 0 Å². The van der Waals surface area contributed by atoms with Crippen molar-refractivity contribution < 1.29 is 19.1 Å². The molecule has 0 aliphatic carbocycles.